The highest BCUT2D eigenvalue weighted by Gasteiger charge is 2.24. The van der Waals surface area contributed by atoms with Gasteiger partial charge >= 0.3 is 0 Å². The van der Waals surface area contributed by atoms with Crippen molar-refractivity contribution in [3.63, 3.8) is 0 Å². The fraction of sp³-hybridized carbons (Fsp3) is 0.208. The van der Waals surface area contributed by atoms with Gasteiger partial charge in [0.2, 0.25) is 20.0 Å². The fourth-order valence-electron chi connectivity index (χ4n) is 3.24. The summed E-state index contributed by atoms with van der Waals surface area (Å²) in [4.78, 5) is 13.0. The molecular weight excluding hydrogens is 510 g/mol. The van der Waals surface area contributed by atoms with Crippen LogP contribution in [0.5, 0.6) is 0 Å². The Morgan fingerprint density at radius 1 is 0.857 bits per heavy atom. The number of carbonyl (C=O) groups excluding carboxylic acids is 1. The number of nitrogens with zero attached hydrogens (tertiary/aromatic N) is 2. The van der Waals surface area contributed by atoms with E-state index in [1.165, 1.54) is 55.8 Å². The number of aryl methyl sites for hydroxylation is 1. The second-order valence-corrected chi connectivity index (χ2v) is 12.7. The molecule has 3 aromatic rings. The lowest BCUT2D eigenvalue weighted by Crippen LogP contribution is -2.27. The Bertz CT molecular complexity index is 1460. The van der Waals surface area contributed by atoms with E-state index in [1.807, 2.05) is 30.3 Å². The summed E-state index contributed by atoms with van der Waals surface area (Å²) in [6.45, 7) is 1.86. The third-order valence-corrected chi connectivity index (χ3v) is 9.31. The van der Waals surface area contributed by atoms with Gasteiger partial charge in [0.05, 0.1) is 20.4 Å². The van der Waals surface area contributed by atoms with Crippen molar-refractivity contribution < 1.29 is 21.6 Å². The summed E-state index contributed by atoms with van der Waals surface area (Å²) in [5.74, 6) is -0.666. The first-order valence-electron chi connectivity index (χ1n) is 10.5. The van der Waals surface area contributed by atoms with E-state index in [-0.39, 0.29) is 32.6 Å². The zero-order valence-corrected chi connectivity index (χ0v) is 22.1. The number of halogens is 1. The van der Waals surface area contributed by atoms with Crippen LogP contribution in [0.4, 0.5) is 5.69 Å². The predicted octanol–water partition coefficient (Wildman–Crippen LogP) is 3.97. The van der Waals surface area contributed by atoms with E-state index in [4.69, 9.17) is 11.6 Å². The molecule has 0 fully saturated rings. The molecule has 3 aromatic carbocycles. The van der Waals surface area contributed by atoms with Gasteiger partial charge in [-0.1, -0.05) is 48.0 Å². The van der Waals surface area contributed by atoms with Crippen LogP contribution in [-0.2, 0) is 26.6 Å². The summed E-state index contributed by atoms with van der Waals surface area (Å²) < 4.78 is 53.5. The van der Waals surface area contributed by atoms with Crippen LogP contribution >= 0.6 is 11.6 Å². The van der Waals surface area contributed by atoms with Crippen LogP contribution in [0.15, 0.2) is 76.5 Å². The molecule has 0 unspecified atom stereocenters. The number of benzene rings is 3. The Morgan fingerprint density at radius 3 is 2.09 bits per heavy atom. The number of rotatable bonds is 8. The van der Waals surface area contributed by atoms with Crippen molar-refractivity contribution in [2.24, 2.45) is 0 Å². The van der Waals surface area contributed by atoms with Gasteiger partial charge in [0.25, 0.3) is 5.91 Å². The first kappa shape index (κ1) is 26.8. The third kappa shape index (κ3) is 5.91. The molecule has 0 heterocycles. The van der Waals surface area contributed by atoms with Crippen molar-refractivity contribution in [1.29, 1.82) is 0 Å². The molecular formula is C24H26ClN3O5S2. The van der Waals surface area contributed by atoms with Gasteiger partial charge in [-0.3, -0.25) is 4.79 Å². The first-order chi connectivity index (χ1) is 16.3. The Hall–Kier alpha value is -2.76. The van der Waals surface area contributed by atoms with E-state index in [0.29, 0.717) is 5.56 Å². The zero-order chi connectivity index (χ0) is 26.0. The van der Waals surface area contributed by atoms with Crippen LogP contribution in [-0.4, -0.2) is 52.5 Å². The van der Waals surface area contributed by atoms with E-state index in [1.54, 1.807) is 13.0 Å². The highest BCUT2D eigenvalue weighted by molar-refractivity contribution is 7.89. The fourth-order valence-corrected chi connectivity index (χ4v) is 5.56. The molecule has 0 aliphatic heterocycles. The van der Waals surface area contributed by atoms with E-state index >= 15 is 0 Å². The smallest absolute Gasteiger partial charge is 0.257 e. The Kier molecular flexibility index (Phi) is 8.03. The highest BCUT2D eigenvalue weighted by Crippen LogP contribution is 2.26. The summed E-state index contributed by atoms with van der Waals surface area (Å²) in [6, 6.07) is 17.4. The Labute approximate surface area is 211 Å². The third-order valence-electron chi connectivity index (χ3n) is 5.37. The lowest BCUT2D eigenvalue weighted by molar-refractivity contribution is 0.102. The van der Waals surface area contributed by atoms with E-state index < -0.39 is 26.0 Å². The Morgan fingerprint density at radius 2 is 1.46 bits per heavy atom. The van der Waals surface area contributed by atoms with Crippen molar-refractivity contribution in [1.82, 2.24) is 8.61 Å². The summed E-state index contributed by atoms with van der Waals surface area (Å²) in [7, 11) is -3.36. The minimum absolute atomic E-state index is 0.00774. The van der Waals surface area contributed by atoms with Gasteiger partial charge in [0.1, 0.15) is 0 Å². The number of amides is 1. The van der Waals surface area contributed by atoms with Gasteiger partial charge in [-0.2, -0.15) is 4.31 Å². The lowest BCUT2D eigenvalue weighted by atomic mass is 10.1. The molecule has 0 bridgehead atoms. The number of anilines is 1. The van der Waals surface area contributed by atoms with Crippen molar-refractivity contribution >= 4 is 43.2 Å². The minimum Gasteiger partial charge on any atom is -0.322 e. The maximum atomic E-state index is 13.1. The summed E-state index contributed by atoms with van der Waals surface area (Å²) in [5.41, 5.74) is 1.65. The molecule has 0 atom stereocenters. The summed E-state index contributed by atoms with van der Waals surface area (Å²) >= 11 is 6.23. The topological polar surface area (TPSA) is 104 Å². The van der Waals surface area contributed by atoms with Gasteiger partial charge in [-0.05, 0) is 48.4 Å². The van der Waals surface area contributed by atoms with Crippen molar-refractivity contribution in [2.75, 3.05) is 26.5 Å². The Balaban J connectivity index is 1.91. The molecule has 0 saturated heterocycles. The van der Waals surface area contributed by atoms with Gasteiger partial charge in [-0.15, -0.1) is 0 Å². The first-order valence-corrected chi connectivity index (χ1v) is 13.7. The second-order valence-electron chi connectivity index (χ2n) is 8.11. The molecule has 0 aromatic heterocycles. The monoisotopic (exact) mass is 535 g/mol. The highest BCUT2D eigenvalue weighted by atomic mass is 35.5. The van der Waals surface area contributed by atoms with Crippen molar-refractivity contribution in [3.8, 4) is 0 Å². The van der Waals surface area contributed by atoms with E-state index in [0.717, 1.165) is 9.87 Å². The van der Waals surface area contributed by atoms with E-state index in [2.05, 4.69) is 5.32 Å². The molecule has 0 radical (unpaired) electrons. The van der Waals surface area contributed by atoms with Crippen LogP contribution in [0.2, 0.25) is 5.02 Å². The molecule has 8 nitrogen and oxygen atoms in total. The zero-order valence-electron chi connectivity index (χ0n) is 19.7. The molecule has 3 rings (SSSR count). The number of carbonyl (C=O) groups is 1. The molecule has 11 heteroatoms. The molecule has 0 aliphatic carbocycles. The average molecular weight is 536 g/mol. The van der Waals surface area contributed by atoms with Crippen LogP contribution in [0.3, 0.4) is 0 Å². The number of hydrogen-bond donors (Lipinski definition) is 1. The van der Waals surface area contributed by atoms with Crippen LogP contribution in [0.1, 0.15) is 21.5 Å². The molecule has 1 N–H and O–H groups in total. The normalized spacial score (nSPS) is 12.2. The largest absolute Gasteiger partial charge is 0.322 e. The molecule has 0 spiro atoms. The van der Waals surface area contributed by atoms with Crippen LogP contribution in [0, 0.1) is 6.92 Å². The molecule has 0 aliphatic rings. The predicted molar refractivity (Wildman–Crippen MR) is 137 cm³/mol. The standard InChI is InChI=1S/C24H26ClN3O5S2/c1-17-10-11-20(34(30,31)27(2)3)15-23(17)26-24(29)21-14-19(12-13-22(21)25)35(32,33)28(4)16-18-8-6-5-7-9-18/h5-15H,16H2,1-4H3,(H,26,29). The van der Waals surface area contributed by atoms with Gasteiger partial charge in [-0.25, -0.2) is 21.1 Å². The van der Waals surface area contributed by atoms with Gasteiger partial charge < -0.3 is 5.32 Å². The minimum atomic E-state index is -3.92. The van der Waals surface area contributed by atoms with Gasteiger partial charge in [0.15, 0.2) is 0 Å². The summed E-state index contributed by atoms with van der Waals surface area (Å²) in [6.07, 6.45) is 0. The quantitative estimate of drug-likeness (QED) is 0.470. The molecule has 186 valence electrons. The molecule has 35 heavy (non-hydrogen) atoms. The lowest BCUT2D eigenvalue weighted by Gasteiger charge is -2.18. The molecule has 1 amide bonds. The number of hydrogen-bond acceptors (Lipinski definition) is 5. The van der Waals surface area contributed by atoms with E-state index in [9.17, 15) is 21.6 Å². The van der Waals surface area contributed by atoms with Crippen molar-refractivity contribution in [2.45, 2.75) is 23.3 Å². The average Bonchev–Trinajstić information content (AvgIpc) is 2.81. The SMILES string of the molecule is Cc1ccc(S(=O)(=O)N(C)C)cc1NC(=O)c1cc(S(=O)(=O)N(C)Cc2ccccc2)ccc1Cl. The maximum Gasteiger partial charge on any atom is 0.257 e. The second kappa shape index (κ2) is 10.5. The molecule has 0 saturated carbocycles. The summed E-state index contributed by atoms with van der Waals surface area (Å²) in [5, 5.41) is 2.71. The van der Waals surface area contributed by atoms with Crippen molar-refractivity contribution in [3.05, 3.63) is 88.4 Å². The van der Waals surface area contributed by atoms with Crippen LogP contribution < -0.4 is 5.32 Å². The number of nitrogens with one attached hydrogen (secondary N) is 1. The van der Waals surface area contributed by atoms with Gasteiger partial charge in [0, 0.05) is 33.4 Å². The maximum absolute atomic E-state index is 13.1. The van der Waals surface area contributed by atoms with Crippen LogP contribution in [0.25, 0.3) is 0 Å². The number of sulfonamides is 2.